The van der Waals surface area contributed by atoms with Gasteiger partial charge in [-0.15, -0.1) is 0 Å². The summed E-state index contributed by atoms with van der Waals surface area (Å²) in [5.41, 5.74) is 5.70. The maximum absolute atomic E-state index is 8.65. The molecule has 3 nitrogen and oxygen atoms in total. The average molecular weight is 230 g/mol. The Morgan fingerprint density at radius 3 is 2.73 bits per heavy atom. The molecular weight excluding hydrogens is 208 g/mol. The molecule has 88 valence electrons. The third-order valence-corrected chi connectivity index (χ3v) is 3.32. The lowest BCUT2D eigenvalue weighted by molar-refractivity contribution is 0.272. The number of hydrogen-bond acceptors (Lipinski definition) is 3. The van der Waals surface area contributed by atoms with Crippen molar-refractivity contribution in [3.63, 3.8) is 0 Å². The smallest absolute Gasteiger partial charge is 0.0902 e. The van der Waals surface area contributed by atoms with Gasteiger partial charge in [0.25, 0.3) is 0 Å². The maximum Gasteiger partial charge on any atom is 0.0902 e. The molecule has 0 spiro atoms. The van der Waals surface area contributed by atoms with Gasteiger partial charge < -0.3 is 10.8 Å². The number of aliphatic hydroxyl groups excluding tert-OH is 1. The van der Waals surface area contributed by atoms with Gasteiger partial charge in [0.05, 0.1) is 11.0 Å². The Hall–Kier alpha value is -0.190. The molecule has 1 fully saturated rings. The maximum atomic E-state index is 8.65. The molecule has 1 unspecified atom stereocenters. The van der Waals surface area contributed by atoms with Gasteiger partial charge in [0.15, 0.2) is 0 Å². The second kappa shape index (κ2) is 7.14. The molecule has 0 aromatic carbocycles. The summed E-state index contributed by atoms with van der Waals surface area (Å²) >= 11 is 5.06. The Morgan fingerprint density at radius 1 is 1.33 bits per heavy atom. The molecule has 0 saturated carbocycles. The topological polar surface area (TPSA) is 49.5 Å². The van der Waals surface area contributed by atoms with Crippen LogP contribution in [0, 0.1) is 0 Å². The largest absolute Gasteiger partial charge is 0.396 e. The van der Waals surface area contributed by atoms with Crippen LogP contribution in [0.3, 0.4) is 0 Å². The molecule has 15 heavy (non-hydrogen) atoms. The second-order valence-corrected chi connectivity index (χ2v) is 4.71. The van der Waals surface area contributed by atoms with Crippen molar-refractivity contribution < 1.29 is 5.11 Å². The molecule has 4 heteroatoms. The first-order valence-corrected chi connectivity index (χ1v) is 6.30. The first kappa shape index (κ1) is 12.9. The van der Waals surface area contributed by atoms with Gasteiger partial charge >= 0.3 is 0 Å². The van der Waals surface area contributed by atoms with Crippen LogP contribution in [0.5, 0.6) is 0 Å². The number of aliphatic hydroxyl groups is 1. The lowest BCUT2D eigenvalue weighted by Crippen LogP contribution is -2.39. The van der Waals surface area contributed by atoms with Crippen molar-refractivity contribution in [2.24, 2.45) is 5.73 Å². The lowest BCUT2D eigenvalue weighted by Gasteiger charge is -2.23. The van der Waals surface area contributed by atoms with Crippen LogP contribution >= 0.6 is 12.2 Å². The van der Waals surface area contributed by atoms with Crippen LogP contribution in [0.1, 0.15) is 38.5 Å². The monoisotopic (exact) mass is 230 g/mol. The highest BCUT2D eigenvalue weighted by Crippen LogP contribution is 2.18. The number of likely N-dealkylation sites (tertiary alicyclic amines) is 1. The normalized spacial score (nSPS) is 22.1. The van der Waals surface area contributed by atoms with E-state index in [-0.39, 0.29) is 0 Å². The summed E-state index contributed by atoms with van der Waals surface area (Å²) in [6.07, 6.45) is 6.80. The number of rotatable bonds is 7. The van der Waals surface area contributed by atoms with Gasteiger partial charge in [0.2, 0.25) is 0 Å². The summed E-state index contributed by atoms with van der Waals surface area (Å²) in [4.78, 5) is 3.06. The lowest BCUT2D eigenvalue weighted by atomic mass is 10.2. The van der Waals surface area contributed by atoms with Gasteiger partial charge in [-0.3, -0.25) is 4.90 Å². The third-order valence-electron chi connectivity index (χ3n) is 3.05. The molecule has 0 aromatic rings. The van der Waals surface area contributed by atoms with Crippen molar-refractivity contribution in [3.8, 4) is 0 Å². The Labute approximate surface area is 97.6 Å². The van der Waals surface area contributed by atoms with Crippen molar-refractivity contribution in [3.05, 3.63) is 0 Å². The van der Waals surface area contributed by atoms with Crippen LogP contribution in [0.2, 0.25) is 0 Å². The van der Waals surface area contributed by atoms with Gasteiger partial charge in [-0.1, -0.05) is 25.1 Å². The summed E-state index contributed by atoms with van der Waals surface area (Å²) in [5.74, 6) is 0. The van der Waals surface area contributed by atoms with Crippen LogP contribution in [0.4, 0.5) is 0 Å². The minimum absolute atomic E-state index is 0.319. The Bertz CT molecular complexity index is 199. The van der Waals surface area contributed by atoms with Crippen LogP contribution in [-0.4, -0.2) is 40.7 Å². The highest BCUT2D eigenvalue weighted by Gasteiger charge is 2.25. The fraction of sp³-hybridized carbons (Fsp3) is 0.909. The quantitative estimate of drug-likeness (QED) is 0.511. The second-order valence-electron chi connectivity index (χ2n) is 4.23. The molecule has 0 aromatic heterocycles. The summed E-state index contributed by atoms with van der Waals surface area (Å²) in [7, 11) is 0. The minimum atomic E-state index is 0.319. The van der Waals surface area contributed by atoms with E-state index in [2.05, 4.69) is 4.90 Å². The van der Waals surface area contributed by atoms with E-state index < -0.39 is 0 Å². The number of hydrogen-bond donors (Lipinski definition) is 2. The first-order chi connectivity index (χ1) is 7.25. The van der Waals surface area contributed by atoms with Crippen molar-refractivity contribution in [1.82, 2.24) is 4.90 Å². The zero-order valence-electron chi connectivity index (χ0n) is 9.32. The molecule has 1 aliphatic heterocycles. The average Bonchev–Trinajstić information content (AvgIpc) is 2.66. The molecular formula is C11H22N2OS. The van der Waals surface area contributed by atoms with Gasteiger partial charge in [0.1, 0.15) is 0 Å². The van der Waals surface area contributed by atoms with Gasteiger partial charge in [-0.2, -0.15) is 0 Å². The zero-order chi connectivity index (χ0) is 11.1. The predicted octanol–water partition coefficient (Wildman–Crippen LogP) is 1.29. The summed E-state index contributed by atoms with van der Waals surface area (Å²) in [5, 5.41) is 8.65. The molecule has 0 radical (unpaired) electrons. The van der Waals surface area contributed by atoms with Crippen LogP contribution in [0.15, 0.2) is 0 Å². The van der Waals surface area contributed by atoms with E-state index in [1.807, 2.05) is 0 Å². The van der Waals surface area contributed by atoms with E-state index in [1.165, 1.54) is 19.3 Å². The van der Waals surface area contributed by atoms with Crippen molar-refractivity contribution in [1.29, 1.82) is 0 Å². The molecule has 0 aliphatic carbocycles. The Kier molecular flexibility index (Phi) is 6.13. The molecule has 1 atom stereocenters. The molecule has 0 bridgehead atoms. The number of unbranched alkanes of at least 4 members (excludes halogenated alkanes) is 3. The van der Waals surface area contributed by atoms with E-state index in [1.54, 1.807) is 0 Å². The molecule has 1 aliphatic rings. The highest BCUT2D eigenvalue weighted by atomic mass is 32.1. The first-order valence-electron chi connectivity index (χ1n) is 5.90. The predicted molar refractivity (Wildman–Crippen MR) is 66.9 cm³/mol. The van der Waals surface area contributed by atoms with Crippen LogP contribution in [0.25, 0.3) is 0 Å². The number of thiocarbonyl (C=S) groups is 1. The van der Waals surface area contributed by atoms with E-state index in [0.717, 1.165) is 32.4 Å². The molecule has 1 heterocycles. The summed E-state index contributed by atoms with van der Waals surface area (Å²) < 4.78 is 0. The van der Waals surface area contributed by atoms with E-state index >= 15 is 0 Å². The van der Waals surface area contributed by atoms with Crippen molar-refractivity contribution in [2.75, 3.05) is 19.7 Å². The highest BCUT2D eigenvalue weighted by molar-refractivity contribution is 7.80. The summed E-state index contributed by atoms with van der Waals surface area (Å²) in [6.45, 7) is 2.56. The summed E-state index contributed by atoms with van der Waals surface area (Å²) in [6, 6.07) is 0.345. The Morgan fingerprint density at radius 2 is 2.07 bits per heavy atom. The van der Waals surface area contributed by atoms with Gasteiger partial charge in [0, 0.05) is 6.61 Å². The number of nitrogens with two attached hydrogens (primary N) is 1. The van der Waals surface area contributed by atoms with E-state index in [0.29, 0.717) is 17.6 Å². The standard InChI is InChI=1S/C11H22N2OS/c12-11(15)10-6-5-8-13(10)7-3-1-2-4-9-14/h10,14H,1-9H2,(H2,12,15). The van der Waals surface area contributed by atoms with Gasteiger partial charge in [-0.25, -0.2) is 0 Å². The van der Waals surface area contributed by atoms with Crippen molar-refractivity contribution in [2.45, 2.75) is 44.6 Å². The zero-order valence-corrected chi connectivity index (χ0v) is 10.1. The van der Waals surface area contributed by atoms with Gasteiger partial charge in [-0.05, 0) is 38.8 Å². The number of nitrogens with zero attached hydrogens (tertiary/aromatic N) is 1. The molecule has 1 saturated heterocycles. The van der Waals surface area contributed by atoms with Crippen LogP contribution < -0.4 is 5.73 Å². The fourth-order valence-corrected chi connectivity index (χ4v) is 2.46. The molecule has 0 amide bonds. The van der Waals surface area contributed by atoms with E-state index in [4.69, 9.17) is 23.1 Å². The molecule has 3 N–H and O–H groups in total. The third kappa shape index (κ3) is 4.45. The van der Waals surface area contributed by atoms with Crippen molar-refractivity contribution >= 4 is 17.2 Å². The molecule has 1 rings (SSSR count). The van der Waals surface area contributed by atoms with Crippen LogP contribution in [-0.2, 0) is 0 Å². The van der Waals surface area contributed by atoms with E-state index in [9.17, 15) is 0 Å². The fourth-order valence-electron chi connectivity index (χ4n) is 2.20. The SMILES string of the molecule is NC(=S)C1CCCN1CCCCCCO. The minimum Gasteiger partial charge on any atom is -0.396 e. The Balaban J connectivity index is 2.12.